The number of hydrogen-bond acceptors (Lipinski definition) is 4. The van der Waals surface area contributed by atoms with Gasteiger partial charge in [0.25, 0.3) is 6.43 Å². The standard InChI is InChI=1S/C7H5BrF2N2O3/c8-5-3(2-13)6(7(9)10)11-1-4(5)12(14)15/h1,7,13H,2H2. The van der Waals surface area contributed by atoms with Gasteiger partial charge < -0.3 is 5.11 Å². The van der Waals surface area contributed by atoms with Crippen molar-refractivity contribution in [2.75, 3.05) is 0 Å². The lowest BCUT2D eigenvalue weighted by Crippen LogP contribution is -2.03. The molecule has 1 aromatic heterocycles. The molecule has 0 radical (unpaired) electrons. The van der Waals surface area contributed by atoms with E-state index in [2.05, 4.69) is 20.9 Å². The zero-order valence-corrected chi connectivity index (χ0v) is 8.74. The van der Waals surface area contributed by atoms with Crippen molar-refractivity contribution in [3.63, 3.8) is 0 Å². The topological polar surface area (TPSA) is 76.3 Å². The Morgan fingerprint density at radius 3 is 2.67 bits per heavy atom. The van der Waals surface area contributed by atoms with Crippen molar-refractivity contribution in [2.24, 2.45) is 0 Å². The summed E-state index contributed by atoms with van der Waals surface area (Å²) in [5, 5.41) is 19.3. The molecule has 0 amide bonds. The van der Waals surface area contributed by atoms with Gasteiger partial charge in [-0.05, 0) is 15.9 Å². The van der Waals surface area contributed by atoms with Crippen LogP contribution in [0.25, 0.3) is 0 Å². The minimum atomic E-state index is -2.88. The molecule has 5 nitrogen and oxygen atoms in total. The van der Waals surface area contributed by atoms with Crippen LogP contribution in [0.15, 0.2) is 10.7 Å². The van der Waals surface area contributed by atoms with E-state index in [9.17, 15) is 18.9 Å². The molecular formula is C7H5BrF2N2O3. The average molecular weight is 283 g/mol. The van der Waals surface area contributed by atoms with Gasteiger partial charge in [-0.25, -0.2) is 13.8 Å². The van der Waals surface area contributed by atoms with E-state index in [0.29, 0.717) is 0 Å². The molecule has 82 valence electrons. The molecular weight excluding hydrogens is 278 g/mol. The number of nitrogens with zero attached hydrogens (tertiary/aromatic N) is 2. The first-order chi connectivity index (χ1) is 6.99. The lowest BCUT2D eigenvalue weighted by molar-refractivity contribution is -0.386. The van der Waals surface area contributed by atoms with Crippen LogP contribution < -0.4 is 0 Å². The highest BCUT2D eigenvalue weighted by Gasteiger charge is 2.23. The molecule has 8 heteroatoms. The number of alkyl halides is 2. The van der Waals surface area contributed by atoms with E-state index in [-0.39, 0.29) is 10.0 Å². The van der Waals surface area contributed by atoms with Crippen molar-refractivity contribution in [1.82, 2.24) is 4.98 Å². The van der Waals surface area contributed by atoms with Gasteiger partial charge >= 0.3 is 5.69 Å². The molecule has 0 aliphatic heterocycles. The maximum atomic E-state index is 12.4. The Morgan fingerprint density at radius 2 is 2.27 bits per heavy atom. The second-order valence-corrected chi connectivity index (χ2v) is 3.33. The molecule has 0 bridgehead atoms. The van der Waals surface area contributed by atoms with E-state index < -0.39 is 29.3 Å². The smallest absolute Gasteiger partial charge is 0.302 e. The highest BCUT2D eigenvalue weighted by molar-refractivity contribution is 9.10. The van der Waals surface area contributed by atoms with E-state index >= 15 is 0 Å². The van der Waals surface area contributed by atoms with Crippen LogP contribution in [0.4, 0.5) is 14.5 Å². The number of rotatable bonds is 3. The van der Waals surface area contributed by atoms with Gasteiger partial charge in [-0.3, -0.25) is 10.1 Å². The summed E-state index contributed by atoms with van der Waals surface area (Å²) in [6.45, 7) is -0.741. The normalized spacial score (nSPS) is 10.7. The zero-order valence-electron chi connectivity index (χ0n) is 7.15. The average Bonchev–Trinajstić information content (AvgIpc) is 2.16. The monoisotopic (exact) mass is 282 g/mol. The summed E-state index contributed by atoms with van der Waals surface area (Å²) in [6, 6.07) is 0. The maximum absolute atomic E-state index is 12.4. The van der Waals surface area contributed by atoms with Crippen molar-refractivity contribution in [3.05, 3.63) is 32.0 Å². The summed E-state index contributed by atoms with van der Waals surface area (Å²) in [5.41, 5.74) is -1.38. The van der Waals surface area contributed by atoms with Crippen molar-refractivity contribution >= 4 is 21.6 Å². The van der Waals surface area contributed by atoms with Gasteiger partial charge in [0.15, 0.2) is 0 Å². The van der Waals surface area contributed by atoms with Crippen molar-refractivity contribution in [3.8, 4) is 0 Å². The second-order valence-electron chi connectivity index (χ2n) is 2.54. The quantitative estimate of drug-likeness (QED) is 0.681. The van der Waals surface area contributed by atoms with Crippen molar-refractivity contribution in [2.45, 2.75) is 13.0 Å². The summed E-state index contributed by atoms with van der Waals surface area (Å²) in [4.78, 5) is 12.9. The molecule has 0 saturated carbocycles. The van der Waals surface area contributed by atoms with E-state index in [1.165, 1.54) is 0 Å². The Kier molecular flexibility index (Phi) is 3.64. The predicted molar refractivity (Wildman–Crippen MR) is 49.5 cm³/mol. The number of nitro groups is 1. The molecule has 0 aliphatic carbocycles. The van der Waals surface area contributed by atoms with E-state index in [0.717, 1.165) is 6.20 Å². The maximum Gasteiger partial charge on any atom is 0.302 e. The Balaban J connectivity index is 3.39. The molecule has 1 rings (SSSR count). The van der Waals surface area contributed by atoms with E-state index in [4.69, 9.17) is 5.11 Å². The molecule has 0 unspecified atom stereocenters. The third-order valence-electron chi connectivity index (χ3n) is 1.69. The number of aliphatic hydroxyl groups is 1. The van der Waals surface area contributed by atoms with Crippen LogP contribution in [0.1, 0.15) is 17.7 Å². The van der Waals surface area contributed by atoms with Crippen LogP contribution in [-0.4, -0.2) is 15.0 Å². The number of aliphatic hydroxyl groups excluding tert-OH is 1. The largest absolute Gasteiger partial charge is 0.392 e. The van der Waals surface area contributed by atoms with Gasteiger partial charge in [0, 0.05) is 5.56 Å². The first-order valence-corrected chi connectivity index (χ1v) is 4.49. The molecule has 1 N–H and O–H groups in total. The fourth-order valence-corrected chi connectivity index (χ4v) is 1.57. The summed E-state index contributed by atoms with van der Waals surface area (Å²) in [6.07, 6.45) is -2.16. The van der Waals surface area contributed by atoms with Crippen LogP contribution >= 0.6 is 15.9 Å². The van der Waals surface area contributed by atoms with Crippen LogP contribution in [0.3, 0.4) is 0 Å². The van der Waals surface area contributed by atoms with Crippen LogP contribution in [0.2, 0.25) is 0 Å². The summed E-state index contributed by atoms with van der Waals surface area (Å²) >= 11 is 2.79. The number of pyridine rings is 1. The number of hydrogen-bond donors (Lipinski definition) is 1. The molecule has 0 aliphatic rings. The van der Waals surface area contributed by atoms with E-state index in [1.807, 2.05) is 0 Å². The zero-order chi connectivity index (χ0) is 11.6. The lowest BCUT2D eigenvalue weighted by Gasteiger charge is -2.07. The summed E-state index contributed by atoms with van der Waals surface area (Å²) in [5.74, 6) is 0. The van der Waals surface area contributed by atoms with Gasteiger partial charge in [0.1, 0.15) is 16.4 Å². The molecule has 0 spiro atoms. The van der Waals surface area contributed by atoms with Crippen molar-refractivity contribution in [1.29, 1.82) is 0 Å². The molecule has 0 fully saturated rings. The van der Waals surface area contributed by atoms with Gasteiger partial charge in [0.2, 0.25) is 0 Å². The Labute approximate surface area is 91.0 Å². The highest BCUT2D eigenvalue weighted by Crippen LogP contribution is 2.33. The summed E-state index contributed by atoms with van der Waals surface area (Å²) < 4.78 is 24.6. The third kappa shape index (κ3) is 2.26. The van der Waals surface area contributed by atoms with E-state index in [1.54, 1.807) is 0 Å². The lowest BCUT2D eigenvalue weighted by atomic mass is 10.2. The number of halogens is 3. The first-order valence-electron chi connectivity index (χ1n) is 3.69. The Morgan fingerprint density at radius 1 is 1.67 bits per heavy atom. The SMILES string of the molecule is O=[N+]([O-])c1cnc(C(F)F)c(CO)c1Br. The van der Waals surface area contributed by atoms with Crippen LogP contribution in [-0.2, 0) is 6.61 Å². The first kappa shape index (κ1) is 11.9. The van der Waals surface area contributed by atoms with Crippen molar-refractivity contribution < 1.29 is 18.8 Å². The molecule has 15 heavy (non-hydrogen) atoms. The minimum Gasteiger partial charge on any atom is -0.392 e. The molecule has 0 saturated heterocycles. The third-order valence-corrected chi connectivity index (χ3v) is 2.57. The fourth-order valence-electron chi connectivity index (χ4n) is 0.998. The van der Waals surface area contributed by atoms with Gasteiger partial charge in [-0.15, -0.1) is 0 Å². The highest BCUT2D eigenvalue weighted by atomic mass is 79.9. The van der Waals surface area contributed by atoms with Gasteiger partial charge in [-0.1, -0.05) is 0 Å². The Hall–Kier alpha value is -1.15. The minimum absolute atomic E-state index is 0.166. The second kappa shape index (κ2) is 4.58. The Bertz CT molecular complexity index is 400. The molecule has 1 aromatic rings. The van der Waals surface area contributed by atoms with Crippen LogP contribution in [0, 0.1) is 10.1 Å². The van der Waals surface area contributed by atoms with Gasteiger partial charge in [0.05, 0.1) is 11.5 Å². The number of aromatic nitrogens is 1. The van der Waals surface area contributed by atoms with Gasteiger partial charge in [-0.2, -0.15) is 0 Å². The fraction of sp³-hybridized carbons (Fsp3) is 0.286. The predicted octanol–water partition coefficient (Wildman–Crippen LogP) is 2.18. The summed E-state index contributed by atoms with van der Waals surface area (Å²) in [7, 11) is 0. The van der Waals surface area contributed by atoms with Crippen LogP contribution in [0.5, 0.6) is 0 Å². The molecule has 1 heterocycles. The molecule has 0 atom stereocenters. The molecule has 0 aromatic carbocycles.